The van der Waals surface area contributed by atoms with Gasteiger partial charge in [-0.2, -0.15) is 0 Å². The Kier molecular flexibility index (Phi) is 5.59. The summed E-state index contributed by atoms with van der Waals surface area (Å²) >= 11 is 0. The topological polar surface area (TPSA) is 93.4 Å². The van der Waals surface area contributed by atoms with Crippen molar-refractivity contribution in [3.05, 3.63) is 54.0 Å². The van der Waals surface area contributed by atoms with Gasteiger partial charge in [-0.3, -0.25) is 9.20 Å². The molecule has 2 aromatic heterocycles. The van der Waals surface area contributed by atoms with E-state index in [1.165, 1.54) is 4.90 Å². The van der Waals surface area contributed by atoms with E-state index in [1.807, 2.05) is 18.2 Å². The van der Waals surface area contributed by atoms with Crippen molar-refractivity contribution >= 4 is 17.4 Å². The van der Waals surface area contributed by atoms with Crippen molar-refractivity contribution in [3.63, 3.8) is 0 Å². The van der Waals surface area contributed by atoms with E-state index in [2.05, 4.69) is 16.8 Å². The molecule has 4 rings (SSSR count). The van der Waals surface area contributed by atoms with E-state index in [9.17, 15) is 14.7 Å². The monoisotopic (exact) mass is 433 g/mol. The second-order valence-electron chi connectivity index (χ2n) is 7.50. The highest BCUT2D eigenvalue weighted by molar-refractivity contribution is 5.92. The highest BCUT2D eigenvalue weighted by atomic mass is 16.5. The zero-order valence-electron chi connectivity index (χ0n) is 18.1. The minimum absolute atomic E-state index is 0.140. The van der Waals surface area contributed by atoms with Gasteiger partial charge < -0.3 is 19.5 Å². The molecular weight excluding hydrogens is 410 g/mol. The van der Waals surface area contributed by atoms with Crippen molar-refractivity contribution in [1.82, 2.24) is 14.3 Å². The van der Waals surface area contributed by atoms with Gasteiger partial charge >= 0.3 is 5.97 Å². The molecule has 1 saturated heterocycles. The summed E-state index contributed by atoms with van der Waals surface area (Å²) in [7, 11) is 3.19. The normalized spacial score (nSPS) is 17.9. The number of likely N-dealkylation sites (N-methyl/N-ethyl adjacent to an activating group) is 1. The van der Waals surface area contributed by atoms with Gasteiger partial charge in [0.15, 0.2) is 0 Å². The first-order chi connectivity index (χ1) is 15.4. The predicted molar refractivity (Wildman–Crippen MR) is 117 cm³/mol. The molecule has 1 N–H and O–H groups in total. The van der Waals surface area contributed by atoms with Gasteiger partial charge in [-0.1, -0.05) is 24.0 Å². The van der Waals surface area contributed by atoms with Crippen LogP contribution in [0.1, 0.15) is 29.5 Å². The molecule has 1 aromatic carbocycles. The average molecular weight is 433 g/mol. The number of methoxy groups -OCH3 is 1. The zero-order valence-corrected chi connectivity index (χ0v) is 18.1. The number of aliphatic hydroxyl groups is 1. The maximum absolute atomic E-state index is 12.5. The van der Waals surface area contributed by atoms with Crippen LogP contribution in [0.3, 0.4) is 0 Å². The van der Waals surface area contributed by atoms with E-state index >= 15 is 0 Å². The zero-order chi connectivity index (χ0) is 22.9. The number of imidazole rings is 1. The van der Waals surface area contributed by atoms with Gasteiger partial charge in [0, 0.05) is 31.1 Å². The first-order valence-corrected chi connectivity index (χ1v) is 10.2. The van der Waals surface area contributed by atoms with Gasteiger partial charge in [-0.15, -0.1) is 0 Å². The van der Waals surface area contributed by atoms with Gasteiger partial charge in [0.2, 0.25) is 11.4 Å². The summed E-state index contributed by atoms with van der Waals surface area (Å²) in [6.07, 6.45) is 1.95. The lowest BCUT2D eigenvalue weighted by molar-refractivity contribution is -0.137. The Labute approximate surface area is 185 Å². The molecule has 1 amide bonds. The number of hydrogen-bond acceptors (Lipinski definition) is 6. The quantitative estimate of drug-likeness (QED) is 0.501. The molecule has 8 nitrogen and oxygen atoms in total. The molecule has 3 aromatic rings. The Hall–Kier alpha value is -3.83. The summed E-state index contributed by atoms with van der Waals surface area (Å²) in [5.74, 6) is 5.42. The number of hydrogen-bond donors (Lipinski definition) is 1. The summed E-state index contributed by atoms with van der Waals surface area (Å²) in [6.45, 7) is 2.43. The van der Waals surface area contributed by atoms with E-state index in [4.69, 9.17) is 9.47 Å². The summed E-state index contributed by atoms with van der Waals surface area (Å²) in [4.78, 5) is 30.6. The number of carbonyl (C=O) groups excluding carboxylic acids is 2. The van der Waals surface area contributed by atoms with E-state index in [-0.39, 0.29) is 18.9 Å². The van der Waals surface area contributed by atoms with Crippen molar-refractivity contribution < 1.29 is 24.2 Å². The van der Waals surface area contributed by atoms with Crippen LogP contribution in [-0.4, -0.2) is 64.2 Å². The molecule has 1 fully saturated rings. The second-order valence-corrected chi connectivity index (χ2v) is 7.50. The van der Waals surface area contributed by atoms with Crippen molar-refractivity contribution in [2.45, 2.75) is 18.9 Å². The fourth-order valence-corrected chi connectivity index (χ4v) is 3.63. The summed E-state index contributed by atoms with van der Waals surface area (Å²) in [6, 6.07) is 10.9. The molecule has 32 heavy (non-hydrogen) atoms. The van der Waals surface area contributed by atoms with E-state index < -0.39 is 17.5 Å². The van der Waals surface area contributed by atoms with E-state index in [0.29, 0.717) is 29.1 Å². The number of carbonyl (C=O) groups is 2. The van der Waals surface area contributed by atoms with Crippen molar-refractivity contribution in [3.8, 4) is 28.8 Å². The number of benzene rings is 1. The summed E-state index contributed by atoms with van der Waals surface area (Å²) < 4.78 is 12.1. The summed E-state index contributed by atoms with van der Waals surface area (Å²) in [5.41, 5.74) is 0.960. The Morgan fingerprint density at radius 3 is 2.81 bits per heavy atom. The number of aromatic nitrogens is 2. The number of nitrogens with zero attached hydrogens (tertiary/aromatic N) is 3. The number of amides is 1. The standard InChI is InChI=1S/C24H23N3O5/c1-4-32-22(28)21-25-20(19-9-8-18(31-3)15-27(19)21)17-7-5-6-16(14-17)10-11-24(30)12-13-26(2)23(24)29/h5-9,14-15,30H,4,12-13H2,1-3H3/t24-/m0/s1. The molecule has 8 heteroatoms. The van der Waals surface area contributed by atoms with Crippen LogP contribution in [-0.2, 0) is 9.53 Å². The number of likely N-dealkylation sites (tertiary alicyclic amines) is 1. The highest BCUT2D eigenvalue weighted by Gasteiger charge is 2.42. The first-order valence-electron chi connectivity index (χ1n) is 10.2. The number of esters is 1. The van der Waals surface area contributed by atoms with Crippen molar-refractivity contribution in [2.24, 2.45) is 0 Å². The lowest BCUT2D eigenvalue weighted by Crippen LogP contribution is -2.37. The third kappa shape index (κ3) is 3.79. The molecule has 0 saturated carbocycles. The maximum atomic E-state index is 12.5. The number of fused-ring (bicyclic) bond motifs is 1. The Bertz CT molecular complexity index is 1270. The van der Waals surface area contributed by atoms with Crippen molar-refractivity contribution in [2.75, 3.05) is 27.3 Å². The van der Waals surface area contributed by atoms with Crippen LogP contribution in [0.5, 0.6) is 5.75 Å². The van der Waals surface area contributed by atoms with E-state index in [0.717, 1.165) is 5.56 Å². The van der Waals surface area contributed by atoms with Crippen LogP contribution in [0.2, 0.25) is 0 Å². The number of ether oxygens (including phenoxy) is 2. The number of pyridine rings is 1. The Morgan fingerprint density at radius 1 is 1.31 bits per heavy atom. The summed E-state index contributed by atoms with van der Waals surface area (Å²) in [5, 5.41) is 10.5. The molecule has 0 spiro atoms. The predicted octanol–water partition coefficient (Wildman–Crippen LogP) is 2.13. The molecule has 0 unspecified atom stereocenters. The molecular formula is C24H23N3O5. The Balaban J connectivity index is 1.77. The largest absolute Gasteiger partial charge is 0.495 e. The van der Waals surface area contributed by atoms with Crippen LogP contribution in [0.4, 0.5) is 0 Å². The lowest BCUT2D eigenvalue weighted by Gasteiger charge is -2.13. The lowest BCUT2D eigenvalue weighted by atomic mass is 10.0. The third-order valence-corrected chi connectivity index (χ3v) is 5.36. The van der Waals surface area contributed by atoms with Gasteiger partial charge in [0.1, 0.15) is 5.75 Å². The smallest absolute Gasteiger partial charge is 0.374 e. The van der Waals surface area contributed by atoms with Crippen LogP contribution < -0.4 is 4.74 Å². The molecule has 0 aliphatic carbocycles. The van der Waals surface area contributed by atoms with E-state index in [1.54, 1.807) is 49.9 Å². The second kappa shape index (κ2) is 8.36. The molecule has 0 bridgehead atoms. The average Bonchev–Trinajstić information content (AvgIpc) is 3.31. The SMILES string of the molecule is CCOC(=O)c1nc(-c2cccc(C#C[C@]3(O)CCN(C)C3=O)c2)c2ccc(OC)cn12. The van der Waals surface area contributed by atoms with Gasteiger partial charge in [-0.25, -0.2) is 9.78 Å². The fourth-order valence-electron chi connectivity index (χ4n) is 3.63. The molecule has 1 aliphatic heterocycles. The molecule has 1 atom stereocenters. The fraction of sp³-hybridized carbons (Fsp3) is 0.292. The number of rotatable bonds is 4. The first kappa shape index (κ1) is 21.4. The van der Waals surface area contributed by atoms with Crippen molar-refractivity contribution in [1.29, 1.82) is 0 Å². The maximum Gasteiger partial charge on any atom is 0.374 e. The van der Waals surface area contributed by atoms with Gasteiger partial charge in [-0.05, 0) is 31.2 Å². The third-order valence-electron chi connectivity index (χ3n) is 5.36. The van der Waals surface area contributed by atoms with Gasteiger partial charge in [0.25, 0.3) is 5.91 Å². The van der Waals surface area contributed by atoms with Crippen LogP contribution >= 0.6 is 0 Å². The van der Waals surface area contributed by atoms with Crippen LogP contribution in [0.25, 0.3) is 16.8 Å². The van der Waals surface area contributed by atoms with Crippen LogP contribution in [0, 0.1) is 11.8 Å². The molecule has 1 aliphatic rings. The molecule has 3 heterocycles. The highest BCUT2D eigenvalue weighted by Crippen LogP contribution is 2.28. The molecule has 164 valence electrons. The minimum atomic E-state index is -1.67. The van der Waals surface area contributed by atoms with Crippen LogP contribution in [0.15, 0.2) is 42.6 Å². The Morgan fingerprint density at radius 2 is 2.12 bits per heavy atom. The molecule has 0 radical (unpaired) electrons. The van der Waals surface area contributed by atoms with Gasteiger partial charge in [0.05, 0.1) is 31.1 Å². The minimum Gasteiger partial charge on any atom is -0.495 e.